The molecule has 0 aliphatic heterocycles. The Morgan fingerprint density at radius 3 is 2.11 bits per heavy atom. The molecule has 1 nitrogen and oxygen atoms in total. The summed E-state index contributed by atoms with van der Waals surface area (Å²) in [5.74, 6) is 3.75. The van der Waals surface area contributed by atoms with Gasteiger partial charge in [-0.25, -0.2) is 4.39 Å². The molecule has 0 saturated heterocycles. The molecule has 1 aromatic rings. The minimum absolute atomic E-state index is 0.0647. The first-order valence-corrected chi connectivity index (χ1v) is 5.32. The molecule has 0 unspecified atom stereocenters. The molecule has 1 aromatic carbocycles. The molecule has 0 fully saturated rings. The van der Waals surface area contributed by atoms with Crippen LogP contribution in [0, 0.1) is 30.5 Å². The fraction of sp³-hybridized carbons (Fsp3) is 0.286. The standard InChI is InChI=1S/C14H11F4N/c1-3-5-19(6-4-2)10-11-7-12(14(16,17)18)9-13(15)8-11/h1-2,7-9H,5-6,10H2. The summed E-state index contributed by atoms with van der Waals surface area (Å²) in [5.41, 5.74) is -0.846. The Bertz CT molecular complexity index is 504. The van der Waals surface area contributed by atoms with Gasteiger partial charge in [-0.05, 0) is 23.8 Å². The number of benzene rings is 1. The summed E-state index contributed by atoms with van der Waals surface area (Å²) in [7, 11) is 0. The van der Waals surface area contributed by atoms with Crippen molar-refractivity contribution >= 4 is 0 Å². The normalized spacial score (nSPS) is 11.1. The van der Waals surface area contributed by atoms with Crippen LogP contribution in [0.2, 0.25) is 0 Å². The Morgan fingerprint density at radius 2 is 1.63 bits per heavy atom. The van der Waals surface area contributed by atoms with Crippen molar-refractivity contribution in [3.05, 3.63) is 35.1 Å². The quantitative estimate of drug-likeness (QED) is 0.600. The molecule has 0 aliphatic carbocycles. The second-order valence-electron chi connectivity index (χ2n) is 3.90. The second kappa shape index (κ2) is 6.26. The number of nitrogens with zero attached hydrogens (tertiary/aromatic N) is 1. The average Bonchev–Trinajstić information content (AvgIpc) is 2.27. The van der Waals surface area contributed by atoms with Gasteiger partial charge in [-0.3, -0.25) is 4.90 Å². The molecule has 0 radical (unpaired) electrons. The van der Waals surface area contributed by atoms with Crippen LogP contribution in [-0.4, -0.2) is 18.0 Å². The summed E-state index contributed by atoms with van der Waals surface area (Å²) in [5, 5.41) is 0. The summed E-state index contributed by atoms with van der Waals surface area (Å²) < 4.78 is 50.8. The van der Waals surface area contributed by atoms with Crippen LogP contribution in [0.15, 0.2) is 18.2 Å². The van der Waals surface area contributed by atoms with Crippen LogP contribution < -0.4 is 0 Å². The molecule has 5 heteroatoms. The summed E-state index contributed by atoms with van der Waals surface area (Å²) in [4.78, 5) is 1.56. The van der Waals surface area contributed by atoms with Crippen molar-refractivity contribution in [3.63, 3.8) is 0 Å². The number of alkyl halides is 3. The fourth-order valence-electron chi connectivity index (χ4n) is 1.59. The highest BCUT2D eigenvalue weighted by atomic mass is 19.4. The zero-order chi connectivity index (χ0) is 14.5. The lowest BCUT2D eigenvalue weighted by atomic mass is 10.1. The van der Waals surface area contributed by atoms with E-state index < -0.39 is 17.6 Å². The van der Waals surface area contributed by atoms with E-state index in [4.69, 9.17) is 12.8 Å². The van der Waals surface area contributed by atoms with Crippen molar-refractivity contribution in [2.24, 2.45) is 0 Å². The van der Waals surface area contributed by atoms with Gasteiger partial charge in [-0.15, -0.1) is 12.8 Å². The van der Waals surface area contributed by atoms with Crippen LogP contribution in [0.4, 0.5) is 17.6 Å². The molecule has 0 atom stereocenters. The first-order chi connectivity index (χ1) is 8.86. The van der Waals surface area contributed by atoms with Crippen LogP contribution in [0.25, 0.3) is 0 Å². The maximum atomic E-state index is 13.2. The third-order valence-corrected chi connectivity index (χ3v) is 2.32. The van der Waals surface area contributed by atoms with Crippen molar-refractivity contribution in [2.45, 2.75) is 12.7 Å². The summed E-state index contributed by atoms with van der Waals surface area (Å²) >= 11 is 0. The van der Waals surface area contributed by atoms with Gasteiger partial charge < -0.3 is 0 Å². The van der Waals surface area contributed by atoms with E-state index in [1.54, 1.807) is 4.90 Å². The number of hydrogen-bond donors (Lipinski definition) is 0. The van der Waals surface area contributed by atoms with Crippen molar-refractivity contribution in [1.29, 1.82) is 0 Å². The molecular formula is C14H11F4N. The first kappa shape index (κ1) is 15.1. The van der Waals surface area contributed by atoms with Crippen LogP contribution in [0.5, 0.6) is 0 Å². The van der Waals surface area contributed by atoms with E-state index >= 15 is 0 Å². The van der Waals surface area contributed by atoms with E-state index in [0.29, 0.717) is 6.07 Å². The lowest BCUT2D eigenvalue weighted by Gasteiger charge is -2.17. The molecule has 0 amide bonds. The van der Waals surface area contributed by atoms with E-state index in [9.17, 15) is 17.6 Å². The topological polar surface area (TPSA) is 3.24 Å². The molecule has 1 rings (SSSR count). The number of hydrogen-bond acceptors (Lipinski definition) is 1. The van der Waals surface area contributed by atoms with Crippen LogP contribution in [0.3, 0.4) is 0 Å². The first-order valence-electron chi connectivity index (χ1n) is 5.32. The van der Waals surface area contributed by atoms with Crippen molar-refractivity contribution in [3.8, 4) is 24.7 Å². The molecular weight excluding hydrogens is 258 g/mol. The highest BCUT2D eigenvalue weighted by Crippen LogP contribution is 2.30. The van der Waals surface area contributed by atoms with Gasteiger partial charge in [0.05, 0.1) is 18.7 Å². The molecule has 0 saturated carbocycles. The molecule has 0 heterocycles. The highest BCUT2D eigenvalue weighted by molar-refractivity contribution is 5.27. The zero-order valence-corrected chi connectivity index (χ0v) is 9.97. The zero-order valence-electron chi connectivity index (χ0n) is 9.97. The summed E-state index contributed by atoms with van der Waals surface area (Å²) in [6.07, 6.45) is 5.67. The Labute approximate surface area is 109 Å². The molecule has 0 aromatic heterocycles. The molecule has 100 valence electrons. The van der Waals surface area contributed by atoms with Gasteiger partial charge in [-0.1, -0.05) is 11.8 Å². The van der Waals surface area contributed by atoms with Crippen LogP contribution >= 0.6 is 0 Å². The van der Waals surface area contributed by atoms with Crippen molar-refractivity contribution in [2.75, 3.05) is 13.1 Å². The number of halogens is 4. The minimum atomic E-state index is -4.58. The summed E-state index contributed by atoms with van der Waals surface area (Å²) in [6, 6.07) is 2.38. The SMILES string of the molecule is C#CCN(CC#C)Cc1cc(F)cc(C(F)(F)F)c1. The van der Waals surface area contributed by atoms with E-state index in [0.717, 1.165) is 12.1 Å². The van der Waals surface area contributed by atoms with Gasteiger partial charge in [0, 0.05) is 6.54 Å². The third kappa shape index (κ3) is 4.65. The van der Waals surface area contributed by atoms with E-state index in [1.807, 2.05) is 0 Å². The average molecular weight is 269 g/mol. The Kier molecular flexibility index (Phi) is 4.97. The molecule has 0 bridgehead atoms. The predicted octanol–water partition coefficient (Wildman–Crippen LogP) is 2.91. The molecule has 0 aliphatic rings. The Hall–Kier alpha value is -1.98. The largest absolute Gasteiger partial charge is 0.416 e. The maximum Gasteiger partial charge on any atom is 0.416 e. The smallest absolute Gasteiger partial charge is 0.277 e. The van der Waals surface area contributed by atoms with Gasteiger partial charge in [0.25, 0.3) is 0 Å². The van der Waals surface area contributed by atoms with Gasteiger partial charge in [0.1, 0.15) is 5.82 Å². The molecule has 0 N–H and O–H groups in total. The van der Waals surface area contributed by atoms with Gasteiger partial charge >= 0.3 is 6.18 Å². The Morgan fingerprint density at radius 1 is 1.05 bits per heavy atom. The molecule has 19 heavy (non-hydrogen) atoms. The van der Waals surface area contributed by atoms with Crippen LogP contribution in [0.1, 0.15) is 11.1 Å². The monoisotopic (exact) mass is 269 g/mol. The summed E-state index contributed by atoms with van der Waals surface area (Å²) in [6.45, 7) is 0.430. The van der Waals surface area contributed by atoms with Gasteiger partial charge in [0.15, 0.2) is 0 Å². The van der Waals surface area contributed by atoms with E-state index in [-0.39, 0.29) is 25.2 Å². The maximum absolute atomic E-state index is 13.2. The Balaban J connectivity index is 2.98. The fourth-order valence-corrected chi connectivity index (χ4v) is 1.59. The molecule has 0 spiro atoms. The third-order valence-electron chi connectivity index (χ3n) is 2.32. The van der Waals surface area contributed by atoms with Crippen LogP contribution in [-0.2, 0) is 12.7 Å². The van der Waals surface area contributed by atoms with Gasteiger partial charge in [0.2, 0.25) is 0 Å². The predicted molar refractivity (Wildman–Crippen MR) is 64.3 cm³/mol. The van der Waals surface area contributed by atoms with Crippen molar-refractivity contribution < 1.29 is 17.6 Å². The van der Waals surface area contributed by atoms with Crippen molar-refractivity contribution in [1.82, 2.24) is 4.90 Å². The number of rotatable bonds is 4. The highest BCUT2D eigenvalue weighted by Gasteiger charge is 2.31. The number of terminal acetylenes is 2. The lowest BCUT2D eigenvalue weighted by Crippen LogP contribution is -2.24. The van der Waals surface area contributed by atoms with Gasteiger partial charge in [-0.2, -0.15) is 13.2 Å². The van der Waals surface area contributed by atoms with E-state index in [1.165, 1.54) is 0 Å². The lowest BCUT2D eigenvalue weighted by molar-refractivity contribution is -0.137. The van der Waals surface area contributed by atoms with E-state index in [2.05, 4.69) is 11.8 Å². The minimum Gasteiger partial charge on any atom is -0.277 e. The second-order valence-corrected chi connectivity index (χ2v) is 3.90.